The zero-order valence-electron chi connectivity index (χ0n) is 14.7. The Balaban J connectivity index is 1.83. The van der Waals surface area contributed by atoms with Crippen molar-refractivity contribution in [3.8, 4) is 5.75 Å². The Labute approximate surface area is 154 Å². The molecule has 1 saturated heterocycles. The van der Waals surface area contributed by atoms with E-state index in [2.05, 4.69) is 0 Å². The molecule has 10 nitrogen and oxygen atoms in total. The van der Waals surface area contributed by atoms with Gasteiger partial charge in [0.05, 0.1) is 16.5 Å². The molecule has 2 aliphatic heterocycles. The van der Waals surface area contributed by atoms with Crippen LogP contribution in [0.2, 0.25) is 0 Å². The van der Waals surface area contributed by atoms with Crippen molar-refractivity contribution < 1.29 is 29.2 Å². The highest BCUT2D eigenvalue weighted by atomic mass is 16.6. The van der Waals surface area contributed by atoms with Gasteiger partial charge < -0.3 is 14.7 Å². The van der Waals surface area contributed by atoms with E-state index in [1.165, 1.54) is 23.1 Å². The van der Waals surface area contributed by atoms with E-state index in [0.717, 1.165) is 4.90 Å². The highest BCUT2D eigenvalue weighted by Crippen LogP contribution is 2.35. The van der Waals surface area contributed by atoms with Gasteiger partial charge in [-0.2, -0.15) is 0 Å². The maximum atomic E-state index is 12.8. The van der Waals surface area contributed by atoms with E-state index in [9.17, 15) is 29.6 Å². The lowest BCUT2D eigenvalue weighted by molar-refractivity contribution is -0.384. The van der Waals surface area contributed by atoms with Crippen molar-refractivity contribution in [3.05, 3.63) is 28.3 Å². The molecule has 144 valence electrons. The number of carboxylic acids is 1. The number of benzene rings is 1. The van der Waals surface area contributed by atoms with Gasteiger partial charge in [-0.3, -0.25) is 29.4 Å². The molecular weight excluding hydrogens is 358 g/mol. The van der Waals surface area contributed by atoms with Gasteiger partial charge in [0.15, 0.2) is 6.61 Å². The molecular formula is C17H19N3O7. The number of hydrogen-bond donors (Lipinski definition) is 1. The maximum absolute atomic E-state index is 12.8. The Morgan fingerprint density at radius 1 is 1.37 bits per heavy atom. The highest BCUT2D eigenvalue weighted by Gasteiger charge is 2.35. The lowest BCUT2D eigenvalue weighted by Crippen LogP contribution is -2.52. The van der Waals surface area contributed by atoms with Gasteiger partial charge in [0.25, 0.3) is 11.6 Å². The van der Waals surface area contributed by atoms with Crippen LogP contribution in [0.4, 0.5) is 11.4 Å². The fourth-order valence-electron chi connectivity index (χ4n) is 3.36. The number of ether oxygens (including phenoxy) is 1. The summed E-state index contributed by atoms with van der Waals surface area (Å²) in [5.74, 6) is -2.21. The number of nitro groups is 1. The van der Waals surface area contributed by atoms with Gasteiger partial charge >= 0.3 is 5.97 Å². The average molecular weight is 377 g/mol. The van der Waals surface area contributed by atoms with Crippen LogP contribution in [0.25, 0.3) is 0 Å². The zero-order valence-corrected chi connectivity index (χ0v) is 14.7. The number of likely N-dealkylation sites (tertiary alicyclic amines) is 1. The molecule has 10 heteroatoms. The molecule has 0 aromatic heterocycles. The number of aliphatic carboxylic acids is 1. The lowest BCUT2D eigenvalue weighted by atomic mass is 9.93. The van der Waals surface area contributed by atoms with Crippen LogP contribution in [-0.4, -0.2) is 58.5 Å². The van der Waals surface area contributed by atoms with Crippen LogP contribution in [0.5, 0.6) is 5.75 Å². The SMILES string of the molecule is CC1CCC(C(=O)O)CN1C(=O)CN1C(=O)COc2ccc([N+](=O)[O-])cc21. The molecule has 1 fully saturated rings. The molecule has 3 rings (SSSR count). The summed E-state index contributed by atoms with van der Waals surface area (Å²) in [6.07, 6.45) is 1.05. The second-order valence-electron chi connectivity index (χ2n) is 6.69. The van der Waals surface area contributed by atoms with Crippen molar-refractivity contribution in [2.45, 2.75) is 25.8 Å². The third-order valence-electron chi connectivity index (χ3n) is 4.94. The second kappa shape index (κ2) is 7.22. The van der Waals surface area contributed by atoms with Crippen LogP contribution in [0.15, 0.2) is 18.2 Å². The number of carbonyl (C=O) groups excluding carboxylic acids is 2. The fourth-order valence-corrected chi connectivity index (χ4v) is 3.36. The van der Waals surface area contributed by atoms with E-state index in [1.807, 2.05) is 6.92 Å². The average Bonchev–Trinajstić information content (AvgIpc) is 2.63. The number of amides is 2. The van der Waals surface area contributed by atoms with Crippen LogP contribution in [-0.2, 0) is 14.4 Å². The standard InChI is InChI=1S/C17H19N3O7/c1-10-2-3-11(17(23)24)7-18(10)15(21)8-19-13-6-12(20(25)26)4-5-14(13)27-9-16(19)22/h4-6,10-11H,2-3,7-9H2,1H3,(H,23,24). The summed E-state index contributed by atoms with van der Waals surface area (Å²) in [4.78, 5) is 49.4. The largest absolute Gasteiger partial charge is 0.482 e. The quantitative estimate of drug-likeness (QED) is 0.612. The van der Waals surface area contributed by atoms with Crippen molar-refractivity contribution in [1.29, 1.82) is 0 Å². The fraction of sp³-hybridized carbons (Fsp3) is 0.471. The van der Waals surface area contributed by atoms with Gasteiger partial charge in [-0.1, -0.05) is 0 Å². The summed E-state index contributed by atoms with van der Waals surface area (Å²) in [6.45, 7) is 1.31. The number of nitro benzene ring substituents is 1. The number of hydrogen-bond acceptors (Lipinski definition) is 6. The topological polar surface area (TPSA) is 130 Å². The molecule has 0 saturated carbocycles. The Kier molecular flexibility index (Phi) is 4.98. The van der Waals surface area contributed by atoms with E-state index in [4.69, 9.17) is 4.74 Å². The van der Waals surface area contributed by atoms with Crippen LogP contribution >= 0.6 is 0 Å². The molecule has 2 aliphatic rings. The molecule has 0 aliphatic carbocycles. The van der Waals surface area contributed by atoms with Crippen LogP contribution in [0, 0.1) is 16.0 Å². The third kappa shape index (κ3) is 3.69. The lowest BCUT2D eigenvalue weighted by Gasteiger charge is -2.38. The predicted molar refractivity (Wildman–Crippen MR) is 92.5 cm³/mol. The number of carbonyl (C=O) groups is 3. The van der Waals surface area contributed by atoms with Gasteiger partial charge in [0.1, 0.15) is 12.3 Å². The molecule has 0 radical (unpaired) electrons. The predicted octanol–water partition coefficient (Wildman–Crippen LogP) is 1.03. The molecule has 1 N–H and O–H groups in total. The van der Waals surface area contributed by atoms with E-state index in [-0.39, 0.29) is 42.9 Å². The highest BCUT2D eigenvalue weighted by molar-refractivity contribution is 6.02. The summed E-state index contributed by atoms with van der Waals surface area (Å²) in [6, 6.07) is 3.70. The number of carboxylic acid groups (broad SMARTS) is 1. The zero-order chi connectivity index (χ0) is 19.7. The summed E-state index contributed by atoms with van der Waals surface area (Å²) >= 11 is 0. The minimum Gasteiger partial charge on any atom is -0.482 e. The van der Waals surface area contributed by atoms with Crippen molar-refractivity contribution >= 4 is 29.2 Å². The van der Waals surface area contributed by atoms with E-state index in [1.54, 1.807) is 0 Å². The first-order valence-corrected chi connectivity index (χ1v) is 8.51. The van der Waals surface area contributed by atoms with Crippen molar-refractivity contribution in [2.75, 3.05) is 24.6 Å². The van der Waals surface area contributed by atoms with Gasteiger partial charge in [0.2, 0.25) is 5.91 Å². The molecule has 27 heavy (non-hydrogen) atoms. The normalized spacial score (nSPS) is 22.0. The minimum atomic E-state index is -0.955. The molecule has 1 aromatic rings. The second-order valence-corrected chi connectivity index (χ2v) is 6.69. The van der Waals surface area contributed by atoms with Gasteiger partial charge in [0, 0.05) is 24.7 Å². The first-order chi connectivity index (χ1) is 12.8. The monoisotopic (exact) mass is 377 g/mol. The number of rotatable bonds is 4. The van der Waals surface area contributed by atoms with Crippen LogP contribution < -0.4 is 9.64 Å². The molecule has 1 aromatic carbocycles. The van der Waals surface area contributed by atoms with Crippen molar-refractivity contribution in [1.82, 2.24) is 4.90 Å². The minimum absolute atomic E-state index is 0.0790. The number of fused-ring (bicyclic) bond motifs is 1. The number of piperidine rings is 1. The maximum Gasteiger partial charge on any atom is 0.308 e. The van der Waals surface area contributed by atoms with Gasteiger partial charge in [-0.15, -0.1) is 0 Å². The van der Waals surface area contributed by atoms with Crippen molar-refractivity contribution in [3.63, 3.8) is 0 Å². The van der Waals surface area contributed by atoms with E-state index in [0.29, 0.717) is 12.8 Å². The number of non-ortho nitro benzene ring substituents is 1. The van der Waals surface area contributed by atoms with E-state index >= 15 is 0 Å². The smallest absolute Gasteiger partial charge is 0.308 e. The summed E-state index contributed by atoms with van der Waals surface area (Å²) < 4.78 is 5.28. The van der Waals surface area contributed by atoms with Gasteiger partial charge in [-0.25, -0.2) is 0 Å². The van der Waals surface area contributed by atoms with Crippen LogP contribution in [0.3, 0.4) is 0 Å². The Hall–Kier alpha value is -3.17. The van der Waals surface area contributed by atoms with Gasteiger partial charge in [-0.05, 0) is 25.8 Å². The molecule has 2 atom stereocenters. The third-order valence-corrected chi connectivity index (χ3v) is 4.94. The van der Waals surface area contributed by atoms with Crippen LogP contribution in [0.1, 0.15) is 19.8 Å². The molecule has 2 amide bonds. The molecule has 0 bridgehead atoms. The molecule has 2 heterocycles. The number of nitrogens with zero attached hydrogens (tertiary/aromatic N) is 3. The van der Waals surface area contributed by atoms with E-state index < -0.39 is 28.6 Å². The summed E-state index contributed by atoms with van der Waals surface area (Å²) in [5.41, 5.74) is -0.0602. The summed E-state index contributed by atoms with van der Waals surface area (Å²) in [5, 5.41) is 20.2. The first-order valence-electron chi connectivity index (χ1n) is 8.51. The Morgan fingerprint density at radius 3 is 2.78 bits per heavy atom. The molecule has 0 spiro atoms. The first kappa shape index (κ1) is 18.6. The van der Waals surface area contributed by atoms with Crippen molar-refractivity contribution in [2.24, 2.45) is 5.92 Å². The Bertz CT molecular complexity index is 810. The summed E-state index contributed by atoms with van der Waals surface area (Å²) in [7, 11) is 0. The molecule has 2 unspecified atom stereocenters. The Morgan fingerprint density at radius 2 is 2.11 bits per heavy atom. The number of anilines is 1.